The molecule has 2 unspecified atom stereocenters. The molecule has 220 valence electrons. The summed E-state index contributed by atoms with van der Waals surface area (Å²) in [6.45, 7) is -1.69. The van der Waals surface area contributed by atoms with E-state index in [1.165, 1.54) is 12.1 Å². The second kappa shape index (κ2) is 11.1. The molecular formula is C17H19FN3O16P3. The van der Waals surface area contributed by atoms with E-state index >= 15 is 0 Å². The van der Waals surface area contributed by atoms with E-state index in [-0.39, 0.29) is 16.7 Å². The summed E-state index contributed by atoms with van der Waals surface area (Å²) in [4.78, 5) is 61.4. The maximum atomic E-state index is 14.3. The number of hydrogen-bond acceptors (Lipinski definition) is 13. The van der Waals surface area contributed by atoms with Gasteiger partial charge in [0, 0.05) is 12.3 Å². The number of phosphoric acid groups is 3. The van der Waals surface area contributed by atoms with Gasteiger partial charge in [0.2, 0.25) is 0 Å². The van der Waals surface area contributed by atoms with Gasteiger partial charge in [-0.1, -0.05) is 11.2 Å². The first kappa shape index (κ1) is 30.5. The molecule has 4 rings (SSSR count). The van der Waals surface area contributed by atoms with Gasteiger partial charge in [0.1, 0.15) is 29.8 Å². The molecule has 19 nitrogen and oxygen atoms in total. The maximum absolute atomic E-state index is 14.3. The van der Waals surface area contributed by atoms with Crippen LogP contribution in [0.15, 0.2) is 44.6 Å². The molecule has 0 radical (unpaired) electrons. The topological polar surface area (TPSA) is 280 Å². The first-order valence-corrected chi connectivity index (χ1v) is 15.1. The lowest BCUT2D eigenvalue weighted by Gasteiger charge is -2.19. The van der Waals surface area contributed by atoms with E-state index < -0.39 is 78.2 Å². The van der Waals surface area contributed by atoms with Crippen molar-refractivity contribution in [2.45, 2.75) is 31.1 Å². The Balaban J connectivity index is 1.52. The van der Waals surface area contributed by atoms with Gasteiger partial charge in [0.25, 0.3) is 5.56 Å². The quantitative estimate of drug-likeness (QED) is 0.151. The Labute approximate surface area is 220 Å². The minimum Gasteiger partial charge on any atom is -0.387 e. The van der Waals surface area contributed by atoms with Crippen LogP contribution in [-0.4, -0.2) is 69.0 Å². The van der Waals surface area contributed by atoms with Gasteiger partial charge in [0.15, 0.2) is 11.8 Å². The molecule has 1 fully saturated rings. The Morgan fingerprint density at radius 1 is 1.00 bits per heavy atom. The molecule has 3 heterocycles. The van der Waals surface area contributed by atoms with Crippen molar-refractivity contribution in [1.29, 1.82) is 0 Å². The number of rotatable bonds is 10. The zero-order valence-electron chi connectivity index (χ0n) is 19.4. The number of aliphatic hydroxyl groups excluding tert-OH is 2. The van der Waals surface area contributed by atoms with E-state index in [2.05, 4.69) is 18.3 Å². The summed E-state index contributed by atoms with van der Waals surface area (Å²) in [7, 11) is -17.0. The average molecular weight is 633 g/mol. The average Bonchev–Trinajstić information content (AvgIpc) is 3.35. The van der Waals surface area contributed by atoms with Gasteiger partial charge in [-0.15, -0.1) is 0 Å². The predicted molar refractivity (Wildman–Crippen MR) is 124 cm³/mol. The first-order valence-electron chi connectivity index (χ1n) is 10.6. The number of phosphoric ester groups is 1. The third-order valence-corrected chi connectivity index (χ3v) is 9.15. The second-order valence-corrected chi connectivity index (χ2v) is 12.5. The largest absolute Gasteiger partial charge is 0.490 e. The van der Waals surface area contributed by atoms with Crippen LogP contribution < -0.4 is 11.2 Å². The molecule has 3 aromatic rings. The van der Waals surface area contributed by atoms with Crippen LogP contribution in [0, 0.1) is 5.82 Å². The summed E-state index contributed by atoms with van der Waals surface area (Å²) in [6.07, 6.45) is -6.30. The Kier molecular flexibility index (Phi) is 8.48. The normalized spacial score (nSPS) is 24.7. The fraction of sp³-hybridized carbons (Fsp3) is 0.353. The van der Waals surface area contributed by atoms with Crippen molar-refractivity contribution in [2.75, 3.05) is 6.61 Å². The molecule has 0 saturated carbocycles. The number of fused-ring (bicyclic) bond motifs is 1. The van der Waals surface area contributed by atoms with Crippen LogP contribution >= 0.6 is 23.5 Å². The van der Waals surface area contributed by atoms with Crippen molar-refractivity contribution in [1.82, 2.24) is 14.3 Å². The van der Waals surface area contributed by atoms with E-state index in [1.807, 2.05) is 0 Å². The minimum atomic E-state index is -5.81. The second-order valence-electron chi connectivity index (χ2n) is 8.11. The lowest BCUT2D eigenvalue weighted by molar-refractivity contribution is -0.0547. The lowest BCUT2D eigenvalue weighted by atomic mass is 10.1. The molecule has 1 aromatic carbocycles. The van der Waals surface area contributed by atoms with Gasteiger partial charge in [-0.05, 0) is 12.1 Å². The molecular weight excluding hydrogens is 614 g/mol. The Morgan fingerprint density at radius 3 is 2.38 bits per heavy atom. The van der Waals surface area contributed by atoms with Crippen LogP contribution in [-0.2, 0) is 38.1 Å². The van der Waals surface area contributed by atoms with Gasteiger partial charge in [-0.25, -0.2) is 22.9 Å². The van der Waals surface area contributed by atoms with Crippen LogP contribution in [0.3, 0.4) is 0 Å². The fourth-order valence-corrected chi connectivity index (χ4v) is 6.74. The summed E-state index contributed by atoms with van der Waals surface area (Å²) in [5.74, 6) is -0.727. The van der Waals surface area contributed by atoms with Crippen LogP contribution in [0.1, 0.15) is 11.9 Å². The van der Waals surface area contributed by atoms with Crippen molar-refractivity contribution < 1.29 is 70.3 Å². The van der Waals surface area contributed by atoms with Gasteiger partial charge in [-0.2, -0.15) is 8.62 Å². The zero-order chi connectivity index (χ0) is 29.6. The van der Waals surface area contributed by atoms with E-state index in [4.69, 9.17) is 19.0 Å². The molecule has 23 heteroatoms. The van der Waals surface area contributed by atoms with Crippen LogP contribution in [0.5, 0.6) is 0 Å². The third kappa shape index (κ3) is 6.72. The van der Waals surface area contributed by atoms with E-state index in [0.29, 0.717) is 9.13 Å². The summed E-state index contributed by atoms with van der Waals surface area (Å²) in [6, 6.07) is 4.77. The summed E-state index contributed by atoms with van der Waals surface area (Å²) in [5, 5.41) is 24.3. The highest BCUT2D eigenvalue weighted by Crippen LogP contribution is 2.66. The molecule has 0 aliphatic carbocycles. The number of halogens is 1. The third-order valence-electron chi connectivity index (χ3n) is 5.35. The van der Waals surface area contributed by atoms with Crippen molar-refractivity contribution in [2.24, 2.45) is 0 Å². The highest BCUT2D eigenvalue weighted by Gasteiger charge is 2.47. The van der Waals surface area contributed by atoms with Crippen molar-refractivity contribution in [3.8, 4) is 0 Å². The molecule has 1 saturated heterocycles. The van der Waals surface area contributed by atoms with Crippen LogP contribution in [0.4, 0.5) is 4.39 Å². The zero-order valence-corrected chi connectivity index (χ0v) is 22.1. The first-order chi connectivity index (χ1) is 18.5. The van der Waals surface area contributed by atoms with E-state index in [9.17, 15) is 47.7 Å². The minimum absolute atomic E-state index is 0.0517. The fourth-order valence-electron chi connectivity index (χ4n) is 3.71. The molecule has 6 N–H and O–H groups in total. The van der Waals surface area contributed by atoms with E-state index in [1.54, 1.807) is 0 Å². The standard InChI is InChI=1S/C17H19FN3O16P3/c18-8-2-1-3-10-13(8)9(19-35-10)6-21-12(22)4-5-20(17(21)25)16-15(24)14(23)11(34-16)7-33-39(29,30)37-40(31,32)36-38(26,27)28/h1-5,11,14-16,23-24H,6-7H2,(H,29,30)(H,31,32)(H2,26,27,28)/t11-,14+,15+,16-/m1/s1. The summed E-state index contributed by atoms with van der Waals surface area (Å²) < 4.78 is 71.5. The van der Waals surface area contributed by atoms with Gasteiger partial charge < -0.3 is 39.0 Å². The molecule has 1 aliphatic rings. The number of aliphatic hydroxyl groups is 2. The van der Waals surface area contributed by atoms with Crippen LogP contribution in [0.2, 0.25) is 0 Å². The molecule has 2 aromatic heterocycles. The van der Waals surface area contributed by atoms with E-state index in [0.717, 1.165) is 18.3 Å². The molecule has 0 bridgehead atoms. The number of ether oxygens (including phenoxy) is 1. The SMILES string of the molecule is O=c1ccn([C@@H]2O[C@H](COP(=O)(O)OP(=O)(O)OP(=O)(O)O)[C@H](O)[C@@H]2O)c(=O)n1Cc1noc2cccc(F)c12. The monoisotopic (exact) mass is 633 g/mol. The smallest absolute Gasteiger partial charge is 0.387 e. The van der Waals surface area contributed by atoms with Crippen molar-refractivity contribution in [3.05, 3.63) is 62.8 Å². The lowest BCUT2D eigenvalue weighted by Crippen LogP contribution is -2.43. The van der Waals surface area contributed by atoms with Gasteiger partial charge in [-0.3, -0.25) is 18.5 Å². The highest BCUT2D eigenvalue weighted by molar-refractivity contribution is 7.66. The predicted octanol–water partition coefficient (Wildman–Crippen LogP) is -0.699. The number of hydrogen-bond donors (Lipinski definition) is 6. The van der Waals surface area contributed by atoms with Crippen molar-refractivity contribution in [3.63, 3.8) is 0 Å². The molecule has 0 amide bonds. The molecule has 6 atom stereocenters. The maximum Gasteiger partial charge on any atom is 0.490 e. The highest BCUT2D eigenvalue weighted by atomic mass is 31.3. The molecule has 1 aliphatic heterocycles. The van der Waals surface area contributed by atoms with Crippen LogP contribution in [0.25, 0.3) is 11.0 Å². The Morgan fingerprint density at radius 2 is 1.70 bits per heavy atom. The number of benzene rings is 1. The van der Waals surface area contributed by atoms with Crippen molar-refractivity contribution >= 4 is 34.4 Å². The molecule has 40 heavy (non-hydrogen) atoms. The Bertz CT molecular complexity index is 1680. The van der Waals surface area contributed by atoms with Gasteiger partial charge in [0.05, 0.1) is 18.5 Å². The number of aromatic nitrogens is 3. The number of nitrogens with zero attached hydrogens (tertiary/aromatic N) is 3. The Hall–Kier alpha value is -2.41. The summed E-state index contributed by atoms with van der Waals surface area (Å²) >= 11 is 0. The molecule has 0 spiro atoms. The van der Waals surface area contributed by atoms with Gasteiger partial charge >= 0.3 is 29.2 Å². The summed E-state index contributed by atoms with van der Waals surface area (Å²) in [5.41, 5.74) is -2.02.